The number of anilines is 1. The highest BCUT2D eigenvalue weighted by molar-refractivity contribution is 9.10. The number of carbonyl (C=O) groups is 1. The molecule has 20 heavy (non-hydrogen) atoms. The molecule has 0 amide bonds. The van der Waals surface area contributed by atoms with Gasteiger partial charge in [-0.15, -0.1) is 0 Å². The number of nitrogens with one attached hydrogen (secondary N) is 1. The minimum atomic E-state index is -1.18. The normalized spacial score (nSPS) is 12.2. The van der Waals surface area contributed by atoms with Crippen molar-refractivity contribution >= 4 is 27.6 Å². The van der Waals surface area contributed by atoms with Gasteiger partial charge in [0, 0.05) is 6.07 Å². The first kappa shape index (κ1) is 14.5. The number of benzene rings is 1. The summed E-state index contributed by atoms with van der Waals surface area (Å²) in [6.07, 6.45) is 0. The van der Waals surface area contributed by atoms with Gasteiger partial charge >= 0.3 is 5.97 Å². The molecular formula is C13H10BrF2NO3. The van der Waals surface area contributed by atoms with E-state index in [4.69, 9.17) is 9.52 Å². The van der Waals surface area contributed by atoms with Gasteiger partial charge in [-0.1, -0.05) is 0 Å². The molecule has 1 aromatic heterocycles. The number of aromatic carboxylic acids is 1. The monoisotopic (exact) mass is 345 g/mol. The molecule has 0 saturated heterocycles. The summed E-state index contributed by atoms with van der Waals surface area (Å²) >= 11 is 2.97. The van der Waals surface area contributed by atoms with Gasteiger partial charge in [0.15, 0.2) is 0 Å². The lowest BCUT2D eigenvalue weighted by Crippen LogP contribution is -2.07. The van der Waals surface area contributed by atoms with Crippen LogP contribution in [0.5, 0.6) is 0 Å². The predicted molar refractivity (Wildman–Crippen MR) is 71.8 cm³/mol. The third-order valence-electron chi connectivity index (χ3n) is 2.65. The number of furan rings is 1. The SMILES string of the molecule is CC(Nc1cc(Br)c(F)cc1F)c1ccc(C(=O)O)o1. The smallest absolute Gasteiger partial charge is 0.371 e. The van der Waals surface area contributed by atoms with Crippen molar-refractivity contribution in [2.75, 3.05) is 5.32 Å². The van der Waals surface area contributed by atoms with Crippen LogP contribution in [0.3, 0.4) is 0 Å². The van der Waals surface area contributed by atoms with Gasteiger partial charge in [0.1, 0.15) is 17.4 Å². The number of carboxylic acids is 1. The summed E-state index contributed by atoms with van der Waals surface area (Å²) < 4.78 is 31.9. The van der Waals surface area contributed by atoms with Crippen LogP contribution in [0, 0.1) is 11.6 Å². The van der Waals surface area contributed by atoms with Crippen LogP contribution in [0.2, 0.25) is 0 Å². The Morgan fingerprint density at radius 1 is 1.35 bits per heavy atom. The lowest BCUT2D eigenvalue weighted by molar-refractivity contribution is 0.0660. The molecule has 2 N–H and O–H groups in total. The maximum atomic E-state index is 13.6. The molecule has 1 atom stereocenters. The molecule has 1 unspecified atom stereocenters. The van der Waals surface area contributed by atoms with Crippen molar-refractivity contribution in [2.45, 2.75) is 13.0 Å². The summed E-state index contributed by atoms with van der Waals surface area (Å²) in [6.45, 7) is 1.67. The van der Waals surface area contributed by atoms with Crippen molar-refractivity contribution in [3.63, 3.8) is 0 Å². The Labute approximate surface area is 121 Å². The number of rotatable bonds is 4. The van der Waals surface area contributed by atoms with Gasteiger partial charge in [-0.3, -0.25) is 0 Å². The first-order valence-electron chi connectivity index (χ1n) is 5.62. The Balaban J connectivity index is 2.20. The van der Waals surface area contributed by atoms with Crippen LogP contribution >= 0.6 is 15.9 Å². The Morgan fingerprint density at radius 2 is 2.05 bits per heavy atom. The van der Waals surface area contributed by atoms with Crippen LogP contribution in [0.25, 0.3) is 0 Å². The number of hydrogen-bond acceptors (Lipinski definition) is 3. The van der Waals surface area contributed by atoms with E-state index in [1.807, 2.05) is 0 Å². The number of halogens is 3. The molecule has 1 heterocycles. The summed E-state index contributed by atoms with van der Waals surface area (Å²) in [7, 11) is 0. The first-order valence-corrected chi connectivity index (χ1v) is 6.42. The summed E-state index contributed by atoms with van der Waals surface area (Å²) in [4.78, 5) is 10.7. The Hall–Kier alpha value is -1.89. The van der Waals surface area contributed by atoms with Crippen LogP contribution in [-0.2, 0) is 0 Å². The van der Waals surface area contributed by atoms with Gasteiger partial charge < -0.3 is 14.8 Å². The highest BCUT2D eigenvalue weighted by atomic mass is 79.9. The van der Waals surface area contributed by atoms with Gasteiger partial charge in [0.05, 0.1) is 16.2 Å². The van der Waals surface area contributed by atoms with E-state index in [-0.39, 0.29) is 15.9 Å². The molecule has 0 aliphatic carbocycles. The van der Waals surface area contributed by atoms with Crippen molar-refractivity contribution in [3.8, 4) is 0 Å². The Morgan fingerprint density at radius 3 is 2.65 bits per heavy atom. The fraction of sp³-hybridized carbons (Fsp3) is 0.154. The van der Waals surface area contributed by atoms with E-state index in [0.717, 1.165) is 6.07 Å². The fourth-order valence-corrected chi connectivity index (χ4v) is 1.98. The van der Waals surface area contributed by atoms with E-state index < -0.39 is 23.6 Å². The number of hydrogen-bond donors (Lipinski definition) is 2. The zero-order chi connectivity index (χ0) is 14.9. The molecule has 0 bridgehead atoms. The maximum Gasteiger partial charge on any atom is 0.371 e. The molecule has 0 aliphatic rings. The second-order valence-electron chi connectivity index (χ2n) is 4.12. The van der Waals surface area contributed by atoms with Gasteiger partial charge in [-0.25, -0.2) is 13.6 Å². The van der Waals surface area contributed by atoms with E-state index >= 15 is 0 Å². The standard InChI is InChI=1S/C13H10BrF2NO3/c1-6(11-2-3-12(20-11)13(18)19)17-10-4-7(14)8(15)5-9(10)16/h2-6,17H,1H3,(H,18,19). The lowest BCUT2D eigenvalue weighted by Gasteiger charge is -2.14. The average molecular weight is 346 g/mol. The third-order valence-corrected chi connectivity index (χ3v) is 3.25. The highest BCUT2D eigenvalue weighted by Gasteiger charge is 2.16. The Bertz CT molecular complexity index is 657. The van der Waals surface area contributed by atoms with Crippen molar-refractivity contribution < 1.29 is 23.1 Å². The highest BCUT2D eigenvalue weighted by Crippen LogP contribution is 2.27. The number of carboxylic acid groups (broad SMARTS) is 1. The van der Waals surface area contributed by atoms with E-state index in [1.165, 1.54) is 18.2 Å². The molecule has 2 rings (SSSR count). The van der Waals surface area contributed by atoms with Crippen LogP contribution in [0.15, 0.2) is 33.2 Å². The first-order chi connectivity index (χ1) is 9.38. The van der Waals surface area contributed by atoms with E-state index in [1.54, 1.807) is 6.92 Å². The maximum absolute atomic E-state index is 13.6. The van der Waals surface area contributed by atoms with Crippen molar-refractivity contribution in [2.24, 2.45) is 0 Å². The lowest BCUT2D eigenvalue weighted by atomic mass is 10.2. The topological polar surface area (TPSA) is 62.5 Å². The van der Waals surface area contributed by atoms with Gasteiger partial charge in [0.2, 0.25) is 5.76 Å². The van der Waals surface area contributed by atoms with Crippen molar-refractivity contribution in [1.29, 1.82) is 0 Å². The van der Waals surface area contributed by atoms with E-state index in [2.05, 4.69) is 21.2 Å². The quantitative estimate of drug-likeness (QED) is 0.815. The molecule has 7 heteroatoms. The van der Waals surface area contributed by atoms with E-state index in [0.29, 0.717) is 5.76 Å². The van der Waals surface area contributed by atoms with Crippen LogP contribution < -0.4 is 5.32 Å². The molecule has 1 aromatic carbocycles. The summed E-state index contributed by atoms with van der Waals surface area (Å²) in [5.74, 6) is -2.50. The second kappa shape index (κ2) is 5.62. The van der Waals surface area contributed by atoms with Gasteiger partial charge in [-0.2, -0.15) is 0 Å². The molecule has 0 aliphatic heterocycles. The predicted octanol–water partition coefficient (Wildman–Crippen LogP) is 4.19. The second-order valence-corrected chi connectivity index (χ2v) is 4.97. The minimum absolute atomic E-state index is 0.0825. The zero-order valence-electron chi connectivity index (χ0n) is 10.3. The van der Waals surface area contributed by atoms with Gasteiger partial charge in [-0.05, 0) is 41.1 Å². The zero-order valence-corrected chi connectivity index (χ0v) is 11.9. The molecule has 4 nitrogen and oxygen atoms in total. The molecule has 0 saturated carbocycles. The molecule has 0 radical (unpaired) electrons. The third kappa shape index (κ3) is 2.98. The van der Waals surface area contributed by atoms with Crippen LogP contribution in [0.4, 0.5) is 14.5 Å². The van der Waals surface area contributed by atoms with E-state index in [9.17, 15) is 13.6 Å². The fourth-order valence-electron chi connectivity index (χ4n) is 1.64. The average Bonchev–Trinajstić information content (AvgIpc) is 2.85. The van der Waals surface area contributed by atoms with Crippen molar-refractivity contribution in [3.05, 3.63) is 51.9 Å². The van der Waals surface area contributed by atoms with Crippen LogP contribution in [0.1, 0.15) is 29.3 Å². The minimum Gasteiger partial charge on any atom is -0.475 e. The molecule has 0 spiro atoms. The molecule has 2 aromatic rings. The Kier molecular flexibility index (Phi) is 4.08. The van der Waals surface area contributed by atoms with Crippen molar-refractivity contribution in [1.82, 2.24) is 0 Å². The summed E-state index contributed by atoms with van der Waals surface area (Å²) in [6, 6.07) is 4.34. The molecule has 106 valence electrons. The molecular weight excluding hydrogens is 336 g/mol. The van der Waals surface area contributed by atoms with Crippen LogP contribution in [-0.4, -0.2) is 11.1 Å². The largest absolute Gasteiger partial charge is 0.475 e. The summed E-state index contributed by atoms with van der Waals surface area (Å²) in [5, 5.41) is 11.5. The van der Waals surface area contributed by atoms with Gasteiger partial charge in [0.25, 0.3) is 0 Å². The summed E-state index contributed by atoms with van der Waals surface area (Å²) in [5.41, 5.74) is 0.0825. The molecule has 0 fully saturated rings.